The van der Waals surface area contributed by atoms with Gasteiger partial charge in [-0.1, -0.05) is 13.8 Å². The van der Waals surface area contributed by atoms with Gasteiger partial charge in [-0.15, -0.1) is 11.3 Å². The molecule has 1 amide bonds. The largest absolute Gasteiger partial charge is 0.339 e. The second-order valence-electron chi connectivity index (χ2n) is 4.96. The Labute approximate surface area is 108 Å². The number of rotatable bonds is 5. The van der Waals surface area contributed by atoms with Gasteiger partial charge in [0.15, 0.2) is 0 Å². The van der Waals surface area contributed by atoms with Crippen molar-refractivity contribution in [3.63, 3.8) is 0 Å². The third-order valence-electron chi connectivity index (χ3n) is 2.77. The van der Waals surface area contributed by atoms with Gasteiger partial charge in [-0.2, -0.15) is 0 Å². The second kappa shape index (κ2) is 6.17. The van der Waals surface area contributed by atoms with Crippen molar-refractivity contribution in [2.45, 2.75) is 39.8 Å². The van der Waals surface area contributed by atoms with Crippen LogP contribution in [0.5, 0.6) is 0 Å². The predicted octanol–water partition coefficient (Wildman–Crippen LogP) is 2.39. The molecule has 0 aliphatic rings. The van der Waals surface area contributed by atoms with Gasteiger partial charge in [0.2, 0.25) is 5.91 Å². The van der Waals surface area contributed by atoms with E-state index in [9.17, 15) is 4.79 Å². The molecule has 0 aliphatic carbocycles. The summed E-state index contributed by atoms with van der Waals surface area (Å²) in [7, 11) is 1.82. The normalized spacial score (nSPS) is 12.8. The highest BCUT2D eigenvalue weighted by Crippen LogP contribution is 2.17. The Hall–Kier alpha value is -0.870. The fourth-order valence-corrected chi connectivity index (χ4v) is 2.71. The van der Waals surface area contributed by atoms with E-state index in [-0.39, 0.29) is 11.9 Å². The van der Waals surface area contributed by atoms with E-state index in [0.717, 1.165) is 6.42 Å². The van der Waals surface area contributed by atoms with Crippen molar-refractivity contribution in [3.8, 4) is 0 Å². The molecule has 0 saturated heterocycles. The molecule has 0 radical (unpaired) electrons. The van der Waals surface area contributed by atoms with Gasteiger partial charge in [0.05, 0.1) is 12.6 Å². The molecule has 0 aromatic carbocycles. The molecule has 3 nitrogen and oxygen atoms in total. The molecule has 0 aliphatic heterocycles. The van der Waals surface area contributed by atoms with E-state index in [0.29, 0.717) is 12.5 Å². The van der Waals surface area contributed by atoms with E-state index in [2.05, 4.69) is 32.2 Å². The summed E-state index contributed by atoms with van der Waals surface area (Å²) in [5.41, 5.74) is 7.14. The number of amides is 1. The molecule has 0 fully saturated rings. The smallest absolute Gasteiger partial charge is 0.239 e. The van der Waals surface area contributed by atoms with Crippen LogP contribution in [-0.4, -0.2) is 23.9 Å². The minimum absolute atomic E-state index is 0.0338. The minimum Gasteiger partial charge on any atom is -0.339 e. The molecular weight excluding hydrogens is 232 g/mol. The lowest BCUT2D eigenvalue weighted by molar-refractivity contribution is -0.132. The highest BCUT2D eigenvalue weighted by atomic mass is 32.1. The standard InChI is InChI=1S/C13H22N2OS/c1-9(2)7-11(14)13(16)15(4)8-12-10(3)5-6-17-12/h5-6,9,11H,7-8,14H2,1-4H3/t11-/m1/s1. The average molecular weight is 254 g/mol. The van der Waals surface area contributed by atoms with E-state index in [4.69, 9.17) is 5.73 Å². The summed E-state index contributed by atoms with van der Waals surface area (Å²) >= 11 is 1.69. The molecule has 1 heterocycles. The van der Waals surface area contributed by atoms with Gasteiger partial charge in [-0.3, -0.25) is 4.79 Å². The zero-order valence-corrected chi connectivity index (χ0v) is 11.9. The maximum atomic E-state index is 12.0. The quantitative estimate of drug-likeness (QED) is 0.877. The van der Waals surface area contributed by atoms with Crippen molar-refractivity contribution in [1.82, 2.24) is 4.90 Å². The van der Waals surface area contributed by atoms with Gasteiger partial charge in [0.1, 0.15) is 0 Å². The molecule has 0 spiro atoms. The molecule has 17 heavy (non-hydrogen) atoms. The highest BCUT2D eigenvalue weighted by molar-refractivity contribution is 7.10. The van der Waals surface area contributed by atoms with Crippen molar-refractivity contribution in [1.29, 1.82) is 0 Å². The number of thiophene rings is 1. The third kappa shape index (κ3) is 4.13. The molecular formula is C13H22N2OS. The molecule has 1 aromatic rings. The monoisotopic (exact) mass is 254 g/mol. The first kappa shape index (κ1) is 14.2. The van der Waals surface area contributed by atoms with Gasteiger partial charge in [0, 0.05) is 11.9 Å². The van der Waals surface area contributed by atoms with Crippen LogP contribution in [0.4, 0.5) is 0 Å². The number of nitrogens with two attached hydrogens (primary N) is 1. The zero-order chi connectivity index (χ0) is 13.0. The zero-order valence-electron chi connectivity index (χ0n) is 11.1. The molecule has 1 rings (SSSR count). The summed E-state index contributed by atoms with van der Waals surface area (Å²) in [4.78, 5) is 15.0. The summed E-state index contributed by atoms with van der Waals surface area (Å²) < 4.78 is 0. The minimum atomic E-state index is -0.375. The summed E-state index contributed by atoms with van der Waals surface area (Å²) in [5.74, 6) is 0.484. The maximum absolute atomic E-state index is 12.0. The lowest BCUT2D eigenvalue weighted by atomic mass is 10.0. The Morgan fingerprint density at radius 3 is 2.65 bits per heavy atom. The predicted molar refractivity (Wildman–Crippen MR) is 73.0 cm³/mol. The van der Waals surface area contributed by atoms with Crippen LogP contribution in [0.3, 0.4) is 0 Å². The second-order valence-corrected chi connectivity index (χ2v) is 5.96. The van der Waals surface area contributed by atoms with Crippen molar-refractivity contribution in [2.24, 2.45) is 11.7 Å². The van der Waals surface area contributed by atoms with Gasteiger partial charge < -0.3 is 10.6 Å². The van der Waals surface area contributed by atoms with Gasteiger partial charge in [-0.25, -0.2) is 0 Å². The Morgan fingerprint density at radius 1 is 1.53 bits per heavy atom. The van der Waals surface area contributed by atoms with E-state index < -0.39 is 0 Å². The molecule has 2 N–H and O–H groups in total. The summed E-state index contributed by atoms with van der Waals surface area (Å²) in [6.07, 6.45) is 0.743. The lowest BCUT2D eigenvalue weighted by Gasteiger charge is -2.22. The summed E-state index contributed by atoms with van der Waals surface area (Å²) in [6.45, 7) is 6.89. The number of aryl methyl sites for hydroxylation is 1. The number of carbonyl (C=O) groups is 1. The molecule has 96 valence electrons. The van der Waals surface area contributed by atoms with Crippen molar-refractivity contribution >= 4 is 17.2 Å². The Kier molecular flexibility index (Phi) is 5.15. The van der Waals surface area contributed by atoms with Gasteiger partial charge in [0.25, 0.3) is 0 Å². The summed E-state index contributed by atoms with van der Waals surface area (Å²) in [6, 6.07) is 1.70. The van der Waals surface area contributed by atoms with Crippen LogP contribution < -0.4 is 5.73 Å². The molecule has 0 saturated carbocycles. The van der Waals surface area contributed by atoms with Crippen LogP contribution >= 0.6 is 11.3 Å². The number of nitrogens with zero attached hydrogens (tertiary/aromatic N) is 1. The van der Waals surface area contributed by atoms with E-state index in [1.54, 1.807) is 16.2 Å². The first-order valence-corrected chi connectivity index (χ1v) is 6.83. The average Bonchev–Trinajstić information content (AvgIpc) is 2.62. The highest BCUT2D eigenvalue weighted by Gasteiger charge is 2.19. The SMILES string of the molecule is Cc1ccsc1CN(C)C(=O)[C@H](N)CC(C)C. The Morgan fingerprint density at radius 2 is 2.18 bits per heavy atom. The molecule has 4 heteroatoms. The van der Waals surface area contributed by atoms with Crippen LogP contribution in [-0.2, 0) is 11.3 Å². The van der Waals surface area contributed by atoms with Crippen LogP contribution in [0, 0.1) is 12.8 Å². The van der Waals surface area contributed by atoms with E-state index in [1.807, 2.05) is 7.05 Å². The Balaban J connectivity index is 2.55. The summed E-state index contributed by atoms with van der Waals surface area (Å²) in [5, 5.41) is 2.05. The molecule has 0 unspecified atom stereocenters. The lowest BCUT2D eigenvalue weighted by Crippen LogP contribution is -2.42. The maximum Gasteiger partial charge on any atom is 0.239 e. The van der Waals surface area contributed by atoms with Crippen LogP contribution in [0.1, 0.15) is 30.7 Å². The molecule has 0 bridgehead atoms. The first-order valence-electron chi connectivity index (χ1n) is 5.95. The van der Waals surface area contributed by atoms with E-state index >= 15 is 0 Å². The fourth-order valence-electron chi connectivity index (χ4n) is 1.75. The first-order chi connectivity index (χ1) is 7.91. The number of carbonyl (C=O) groups excluding carboxylic acids is 1. The van der Waals surface area contributed by atoms with Gasteiger partial charge in [-0.05, 0) is 36.3 Å². The van der Waals surface area contributed by atoms with Crippen LogP contribution in [0.25, 0.3) is 0 Å². The topological polar surface area (TPSA) is 46.3 Å². The van der Waals surface area contributed by atoms with Crippen molar-refractivity contribution in [2.75, 3.05) is 7.05 Å². The fraction of sp³-hybridized carbons (Fsp3) is 0.615. The van der Waals surface area contributed by atoms with Crippen LogP contribution in [0.2, 0.25) is 0 Å². The van der Waals surface area contributed by atoms with Gasteiger partial charge >= 0.3 is 0 Å². The Bertz CT molecular complexity index is 373. The number of likely N-dealkylation sites (N-methyl/N-ethyl adjacent to an activating group) is 1. The number of hydrogen-bond acceptors (Lipinski definition) is 3. The van der Waals surface area contributed by atoms with Crippen LogP contribution in [0.15, 0.2) is 11.4 Å². The molecule has 1 atom stereocenters. The van der Waals surface area contributed by atoms with E-state index in [1.165, 1.54) is 10.4 Å². The van der Waals surface area contributed by atoms with Crippen molar-refractivity contribution < 1.29 is 4.79 Å². The molecule has 1 aromatic heterocycles. The van der Waals surface area contributed by atoms with Crippen molar-refractivity contribution in [3.05, 3.63) is 21.9 Å². The third-order valence-corrected chi connectivity index (χ3v) is 3.78. The number of hydrogen-bond donors (Lipinski definition) is 1.